The van der Waals surface area contributed by atoms with E-state index in [0.29, 0.717) is 48.7 Å². The number of carboxylic acid groups (broad SMARTS) is 1. The Labute approximate surface area is 361 Å². The molecule has 2 aliphatic rings. The Balaban J connectivity index is 1.36. The van der Waals surface area contributed by atoms with E-state index in [1.165, 1.54) is 13.2 Å². The number of cyclic esters (lactones) is 2. The van der Waals surface area contributed by atoms with Crippen molar-refractivity contribution < 1.29 is 48.0 Å². The zero-order chi connectivity index (χ0) is 44.3. The van der Waals surface area contributed by atoms with Crippen molar-refractivity contribution in [3.63, 3.8) is 0 Å². The fourth-order valence-electron chi connectivity index (χ4n) is 7.53. The highest BCUT2D eigenvalue weighted by molar-refractivity contribution is 6.32. The van der Waals surface area contributed by atoms with Crippen LogP contribution in [0.25, 0.3) is 0 Å². The van der Waals surface area contributed by atoms with Gasteiger partial charge in [-0.3, -0.25) is 19.2 Å². The molecule has 2 amide bonds. The van der Waals surface area contributed by atoms with Crippen LogP contribution >= 0.6 is 11.6 Å². The largest absolute Gasteiger partial charge is 0.495 e. The summed E-state index contributed by atoms with van der Waals surface area (Å²) < 4.78 is 25.4. The molecule has 6 atom stereocenters. The van der Waals surface area contributed by atoms with Crippen LogP contribution in [-0.4, -0.2) is 88.3 Å². The molecule has 5 rings (SSSR count). The highest BCUT2D eigenvalue weighted by atomic mass is 35.5. The number of ether oxygens (including phenoxy) is 4. The van der Waals surface area contributed by atoms with Gasteiger partial charge in [0.25, 0.3) is 0 Å². The zero-order valence-corrected chi connectivity index (χ0v) is 36.5. The molecule has 2 aliphatic heterocycles. The first-order valence-corrected chi connectivity index (χ1v) is 21.2. The van der Waals surface area contributed by atoms with Crippen LogP contribution < -0.4 is 15.4 Å². The number of hydrogen-bond acceptors (Lipinski definition) is 11. The summed E-state index contributed by atoms with van der Waals surface area (Å²) in [4.78, 5) is 65.6. The number of methoxy groups -OCH3 is 1. The van der Waals surface area contributed by atoms with Crippen molar-refractivity contribution in [3.8, 4) is 5.75 Å². The molecule has 3 aromatic rings. The van der Waals surface area contributed by atoms with Crippen LogP contribution in [0.5, 0.6) is 5.75 Å². The molecule has 0 bridgehead atoms. The van der Waals surface area contributed by atoms with Crippen LogP contribution in [-0.2, 0) is 57.6 Å². The number of aromatic nitrogens is 3. The van der Waals surface area contributed by atoms with E-state index in [2.05, 4.69) is 20.9 Å². The van der Waals surface area contributed by atoms with E-state index in [0.717, 1.165) is 16.8 Å². The third-order valence-corrected chi connectivity index (χ3v) is 11.4. The summed E-state index contributed by atoms with van der Waals surface area (Å²) in [5.74, 6) is -3.12. The second-order valence-electron chi connectivity index (χ2n) is 17.0. The normalized spacial score (nSPS) is 23.7. The summed E-state index contributed by atoms with van der Waals surface area (Å²) in [6, 6.07) is 12.1. The van der Waals surface area contributed by atoms with E-state index in [-0.39, 0.29) is 56.1 Å². The topological polar surface area (TPSA) is 197 Å². The molecule has 0 spiro atoms. The number of aryl methyl sites for hydroxylation is 1. The molecule has 3 N–H and O–H groups in total. The van der Waals surface area contributed by atoms with Gasteiger partial charge in [-0.15, -0.1) is 5.10 Å². The zero-order valence-electron chi connectivity index (χ0n) is 35.7. The maximum atomic E-state index is 14.0. The number of aliphatic carboxylic acids is 1. The SMILES string of the molecule is COc1ccc(C[C@H]2NC(=O)/C=C/C[C@@H]([C@H](C)[C@H]3CCO[C@@H]3c3ccc(Cn4cc(CCCC(=O)O)nn4)cc3)OC(=O)[C@H](CC(C)C)OC(=O)C(C)(C)CNC2=O)cc1Cl. The first-order chi connectivity index (χ1) is 29.0. The van der Waals surface area contributed by atoms with Crippen LogP contribution in [0.4, 0.5) is 0 Å². The Morgan fingerprint density at radius 1 is 1.07 bits per heavy atom. The average Bonchev–Trinajstić information content (AvgIpc) is 3.88. The number of nitrogens with zero attached hydrogens (tertiary/aromatic N) is 3. The van der Waals surface area contributed by atoms with Gasteiger partial charge in [0.2, 0.25) is 11.8 Å². The standard InChI is InChI=1S/C45H58ClN5O10/c1-27(2)21-38-43(56)60-36(28(3)33-19-20-59-41(33)31-16-13-29(14-17-31)24-51-25-32(49-50-51)9-7-12-40(53)54)10-8-11-39(52)48-35(23-30-15-18-37(58-6)34(46)22-30)42(55)47-26-45(4,5)44(57)61-38/h8,11,13-18,22,25,27-28,33,35-36,38,41H,7,9-10,12,19-21,23-24,26H2,1-6H3,(H,47,55)(H,48,52)(H,53,54)/b11-8+/t28-,33-,35-,36+,38+,41-/m1/s1. The first kappa shape index (κ1) is 46.8. The summed E-state index contributed by atoms with van der Waals surface area (Å²) in [6.45, 7) is 9.92. The van der Waals surface area contributed by atoms with Gasteiger partial charge in [0, 0.05) is 38.6 Å². The first-order valence-electron chi connectivity index (χ1n) is 20.8. The minimum atomic E-state index is -1.24. The van der Waals surface area contributed by atoms with Gasteiger partial charge in [-0.2, -0.15) is 0 Å². The van der Waals surface area contributed by atoms with Gasteiger partial charge in [0.15, 0.2) is 6.10 Å². The van der Waals surface area contributed by atoms with Gasteiger partial charge in [-0.25, -0.2) is 9.48 Å². The van der Waals surface area contributed by atoms with Crippen LogP contribution in [0, 0.1) is 23.2 Å². The summed E-state index contributed by atoms with van der Waals surface area (Å²) in [7, 11) is 1.50. The lowest BCUT2D eigenvalue weighted by Crippen LogP contribution is -2.51. The van der Waals surface area contributed by atoms with Crippen molar-refractivity contribution >= 4 is 41.3 Å². The molecule has 1 saturated heterocycles. The van der Waals surface area contributed by atoms with E-state index in [1.54, 1.807) is 42.8 Å². The quantitative estimate of drug-likeness (QED) is 0.165. The van der Waals surface area contributed by atoms with Crippen molar-refractivity contribution in [3.05, 3.63) is 88.2 Å². The third-order valence-electron chi connectivity index (χ3n) is 11.1. The molecule has 1 aromatic heterocycles. The van der Waals surface area contributed by atoms with Crippen molar-refractivity contribution in [2.45, 2.75) is 110 Å². The van der Waals surface area contributed by atoms with Gasteiger partial charge in [0.05, 0.1) is 35.9 Å². The number of rotatable bonds is 14. The smallest absolute Gasteiger partial charge is 0.347 e. The maximum Gasteiger partial charge on any atom is 0.347 e. The van der Waals surface area contributed by atoms with Crippen molar-refractivity contribution in [1.82, 2.24) is 25.6 Å². The number of hydrogen-bond donors (Lipinski definition) is 3. The number of amides is 2. The highest BCUT2D eigenvalue weighted by Gasteiger charge is 2.41. The fraction of sp³-hybridized carbons (Fsp3) is 0.533. The lowest BCUT2D eigenvalue weighted by atomic mass is 9.80. The monoisotopic (exact) mass is 863 g/mol. The Morgan fingerprint density at radius 3 is 2.49 bits per heavy atom. The van der Waals surface area contributed by atoms with Crippen molar-refractivity contribution in [2.75, 3.05) is 20.3 Å². The van der Waals surface area contributed by atoms with Gasteiger partial charge < -0.3 is 34.7 Å². The molecule has 3 heterocycles. The molecule has 16 heteroatoms. The molecule has 1 fully saturated rings. The summed E-state index contributed by atoms with van der Waals surface area (Å²) in [5.41, 5.74) is 2.12. The lowest BCUT2D eigenvalue weighted by molar-refractivity contribution is -0.179. The second-order valence-corrected chi connectivity index (χ2v) is 17.4. The molecular weight excluding hydrogens is 806 g/mol. The molecule has 15 nitrogen and oxygen atoms in total. The molecular formula is C45H58ClN5O10. The Morgan fingerprint density at radius 2 is 1.80 bits per heavy atom. The minimum absolute atomic E-state index is 0.0172. The predicted molar refractivity (Wildman–Crippen MR) is 226 cm³/mol. The third kappa shape index (κ3) is 13.4. The molecule has 0 radical (unpaired) electrons. The number of benzene rings is 2. The number of halogens is 1. The number of carbonyl (C=O) groups excluding carboxylic acids is 4. The number of esters is 2. The average molecular weight is 864 g/mol. The Kier molecular flexibility index (Phi) is 16.5. The van der Waals surface area contributed by atoms with E-state index in [4.69, 9.17) is 35.7 Å². The van der Waals surface area contributed by atoms with Gasteiger partial charge in [-0.1, -0.05) is 74.0 Å². The lowest BCUT2D eigenvalue weighted by Gasteiger charge is -2.33. The highest BCUT2D eigenvalue weighted by Crippen LogP contribution is 2.42. The molecule has 330 valence electrons. The molecule has 0 saturated carbocycles. The number of carboxylic acids is 1. The van der Waals surface area contributed by atoms with Crippen LogP contribution in [0.1, 0.15) is 95.2 Å². The molecule has 61 heavy (non-hydrogen) atoms. The summed E-state index contributed by atoms with van der Waals surface area (Å²) in [5, 5.41) is 23.2. The summed E-state index contributed by atoms with van der Waals surface area (Å²) in [6.07, 6.45) is 4.85. The van der Waals surface area contributed by atoms with E-state index >= 15 is 0 Å². The van der Waals surface area contributed by atoms with E-state index < -0.39 is 53.4 Å². The Hall–Kier alpha value is -5.28. The molecule has 2 aromatic carbocycles. The van der Waals surface area contributed by atoms with Gasteiger partial charge in [0.1, 0.15) is 17.9 Å². The molecule has 0 unspecified atom stereocenters. The van der Waals surface area contributed by atoms with Crippen LogP contribution in [0.2, 0.25) is 5.02 Å². The van der Waals surface area contributed by atoms with Gasteiger partial charge >= 0.3 is 17.9 Å². The van der Waals surface area contributed by atoms with E-state index in [1.807, 2.05) is 51.2 Å². The van der Waals surface area contributed by atoms with Crippen molar-refractivity contribution in [2.24, 2.45) is 23.2 Å². The van der Waals surface area contributed by atoms with E-state index in [9.17, 15) is 24.0 Å². The minimum Gasteiger partial charge on any atom is -0.495 e. The maximum absolute atomic E-state index is 14.0. The number of carbonyl (C=O) groups is 5. The van der Waals surface area contributed by atoms with Crippen LogP contribution in [0.15, 0.2) is 60.8 Å². The van der Waals surface area contributed by atoms with Gasteiger partial charge in [-0.05, 0) is 92.2 Å². The van der Waals surface area contributed by atoms with Crippen LogP contribution in [0.3, 0.4) is 0 Å². The number of nitrogens with one attached hydrogen (secondary N) is 2. The second kappa shape index (κ2) is 21.5. The molecule has 0 aliphatic carbocycles. The predicted octanol–water partition coefficient (Wildman–Crippen LogP) is 5.81. The Bertz CT molecular complexity index is 2030. The van der Waals surface area contributed by atoms with Crippen molar-refractivity contribution in [1.29, 1.82) is 0 Å². The fourth-order valence-corrected chi connectivity index (χ4v) is 7.81. The summed E-state index contributed by atoms with van der Waals surface area (Å²) >= 11 is 6.37.